The van der Waals surface area contributed by atoms with Gasteiger partial charge in [0.2, 0.25) is 0 Å². The molecular formula is C76H50N4. The Bertz CT molecular complexity index is 4320. The molecular weight excluding hydrogens is 969 g/mol. The van der Waals surface area contributed by atoms with Gasteiger partial charge in [0.1, 0.15) is 0 Å². The first-order valence-electron chi connectivity index (χ1n) is 27.3. The second kappa shape index (κ2) is 19.5. The van der Waals surface area contributed by atoms with Crippen LogP contribution in [0.5, 0.6) is 0 Å². The molecule has 1 spiro atoms. The molecule has 2 aliphatic carbocycles. The second-order valence-electron chi connectivity index (χ2n) is 20.7. The van der Waals surface area contributed by atoms with E-state index in [2.05, 4.69) is 272 Å². The second-order valence-corrected chi connectivity index (χ2v) is 20.7. The first-order valence-corrected chi connectivity index (χ1v) is 27.3. The van der Waals surface area contributed by atoms with Crippen LogP contribution < -0.4 is 4.90 Å². The maximum absolute atomic E-state index is 5.27. The average Bonchev–Trinajstić information content (AvgIpc) is 3.68. The number of nitrogens with zero attached hydrogens (tertiary/aromatic N) is 4. The van der Waals surface area contributed by atoms with Gasteiger partial charge in [-0.1, -0.05) is 249 Å². The van der Waals surface area contributed by atoms with Crippen molar-refractivity contribution in [2.75, 3.05) is 4.90 Å². The summed E-state index contributed by atoms with van der Waals surface area (Å²) in [5, 5.41) is 0. The zero-order valence-corrected chi connectivity index (χ0v) is 43.7. The predicted octanol–water partition coefficient (Wildman–Crippen LogP) is 19.4. The Morgan fingerprint density at radius 1 is 0.225 bits per heavy atom. The normalized spacial score (nSPS) is 12.3. The molecule has 0 aliphatic heterocycles. The van der Waals surface area contributed by atoms with Gasteiger partial charge in [-0.25, -0.2) is 15.0 Å². The van der Waals surface area contributed by atoms with E-state index in [-0.39, 0.29) is 0 Å². The lowest BCUT2D eigenvalue weighted by atomic mass is 9.70. The molecule has 0 saturated carbocycles. The third kappa shape index (κ3) is 7.88. The minimum Gasteiger partial charge on any atom is -0.310 e. The molecule has 0 bridgehead atoms. The van der Waals surface area contributed by atoms with Crippen molar-refractivity contribution in [1.29, 1.82) is 0 Å². The zero-order valence-electron chi connectivity index (χ0n) is 43.7. The Balaban J connectivity index is 1.00. The third-order valence-corrected chi connectivity index (χ3v) is 16.1. The van der Waals surface area contributed by atoms with Gasteiger partial charge in [0.25, 0.3) is 0 Å². The van der Waals surface area contributed by atoms with Crippen molar-refractivity contribution in [2.45, 2.75) is 5.41 Å². The summed E-state index contributed by atoms with van der Waals surface area (Å²) in [5.41, 5.74) is 24.3. The SMILES string of the molecule is c1ccc(-c2ccc(N(c3cc(-c4ccccc4)cc(-c4cc(-c5ccccc5)cc(-c5nc(-c6ccccc6)nc(-c6ccccc6)n5)c4)c3)c3cccc4c3C3(c5ccccc5-c5ccccc53)c3ccccc3-4)cc2)cc1. The van der Waals surface area contributed by atoms with Crippen LogP contribution in [0.1, 0.15) is 22.3 Å². The number of hydrogen-bond donors (Lipinski definition) is 0. The van der Waals surface area contributed by atoms with Gasteiger partial charge in [0, 0.05) is 33.6 Å². The summed E-state index contributed by atoms with van der Waals surface area (Å²) < 4.78 is 0. The largest absolute Gasteiger partial charge is 0.310 e. The molecule has 0 radical (unpaired) electrons. The summed E-state index contributed by atoms with van der Waals surface area (Å²) in [4.78, 5) is 18.1. The summed E-state index contributed by atoms with van der Waals surface area (Å²) >= 11 is 0. The third-order valence-electron chi connectivity index (χ3n) is 16.1. The summed E-state index contributed by atoms with van der Waals surface area (Å²) in [6.07, 6.45) is 0. The van der Waals surface area contributed by atoms with Gasteiger partial charge in [0.15, 0.2) is 17.5 Å². The first kappa shape index (κ1) is 46.7. The molecule has 0 atom stereocenters. The van der Waals surface area contributed by atoms with Gasteiger partial charge in [-0.3, -0.25) is 0 Å². The van der Waals surface area contributed by atoms with Crippen molar-refractivity contribution in [3.8, 4) is 101 Å². The number of aromatic nitrogens is 3. The molecule has 1 aromatic heterocycles. The number of hydrogen-bond acceptors (Lipinski definition) is 4. The Kier molecular flexibility index (Phi) is 11.4. The highest BCUT2D eigenvalue weighted by molar-refractivity contribution is 6.00. The van der Waals surface area contributed by atoms with Crippen LogP contribution in [-0.2, 0) is 5.41 Å². The fourth-order valence-corrected chi connectivity index (χ4v) is 12.5. The van der Waals surface area contributed by atoms with E-state index < -0.39 is 5.41 Å². The van der Waals surface area contributed by atoms with Crippen LogP contribution in [0.2, 0.25) is 0 Å². The summed E-state index contributed by atoms with van der Waals surface area (Å²) in [7, 11) is 0. The molecule has 0 saturated heterocycles. The first-order chi connectivity index (χ1) is 39.7. The number of benzene rings is 12. The Morgan fingerprint density at radius 2 is 0.550 bits per heavy atom. The van der Waals surface area contributed by atoms with Crippen LogP contribution in [0.25, 0.3) is 101 Å². The molecule has 2 aliphatic rings. The number of rotatable bonds is 10. The van der Waals surface area contributed by atoms with Gasteiger partial charge < -0.3 is 4.90 Å². The van der Waals surface area contributed by atoms with E-state index in [1.54, 1.807) is 0 Å². The molecule has 4 heteroatoms. The Hall–Kier alpha value is -10.6. The highest BCUT2D eigenvalue weighted by atomic mass is 15.1. The number of anilines is 3. The lowest BCUT2D eigenvalue weighted by Crippen LogP contribution is -2.28. The van der Waals surface area contributed by atoms with E-state index in [4.69, 9.17) is 15.0 Å². The summed E-state index contributed by atoms with van der Waals surface area (Å²) in [5.74, 6) is 1.83. The van der Waals surface area contributed by atoms with Crippen LogP contribution in [0.3, 0.4) is 0 Å². The van der Waals surface area contributed by atoms with Crippen molar-refractivity contribution < 1.29 is 0 Å². The van der Waals surface area contributed by atoms with Crippen LogP contribution >= 0.6 is 0 Å². The van der Waals surface area contributed by atoms with Crippen molar-refractivity contribution in [2.24, 2.45) is 0 Å². The van der Waals surface area contributed by atoms with E-state index in [9.17, 15) is 0 Å². The lowest BCUT2D eigenvalue weighted by molar-refractivity contribution is 0.793. The highest BCUT2D eigenvalue weighted by Gasteiger charge is 2.53. The van der Waals surface area contributed by atoms with Gasteiger partial charge in [-0.15, -0.1) is 0 Å². The lowest BCUT2D eigenvalue weighted by Gasteiger charge is -2.36. The van der Waals surface area contributed by atoms with Gasteiger partial charge >= 0.3 is 0 Å². The standard InChI is InChI=1S/C76H50N4/c1-6-23-51(24-7-1)54-41-43-62(44-42-54)80(71-40-22-36-67-66-35-18-21-39-70(66)76(72(67)71)68-37-19-16-33-64(68)65-34-17-20-38-69(65)76)63-49-59(53-27-10-3-11-28-53)46-60(50-63)58-45-57(52-25-8-2-9-26-52)47-61(48-58)75-78-73(55-29-12-4-13-30-55)77-74(79-75)56-31-14-5-15-32-56/h1-50H. The van der Waals surface area contributed by atoms with Crippen LogP contribution in [0, 0.1) is 0 Å². The Morgan fingerprint density at radius 3 is 1.02 bits per heavy atom. The maximum Gasteiger partial charge on any atom is 0.164 e. The molecule has 0 amide bonds. The minimum atomic E-state index is -0.599. The topological polar surface area (TPSA) is 41.9 Å². The van der Waals surface area contributed by atoms with E-state index >= 15 is 0 Å². The molecule has 12 aromatic carbocycles. The van der Waals surface area contributed by atoms with Crippen LogP contribution in [0.15, 0.2) is 303 Å². The maximum atomic E-state index is 5.27. The molecule has 4 nitrogen and oxygen atoms in total. The van der Waals surface area contributed by atoms with E-state index in [0.717, 1.165) is 72.7 Å². The van der Waals surface area contributed by atoms with Crippen molar-refractivity contribution >= 4 is 17.1 Å². The quantitative estimate of drug-likeness (QED) is 0.137. The van der Waals surface area contributed by atoms with Crippen molar-refractivity contribution in [3.05, 3.63) is 326 Å². The molecule has 80 heavy (non-hydrogen) atoms. The number of fused-ring (bicyclic) bond motifs is 10. The Labute approximate surface area is 466 Å². The highest BCUT2D eigenvalue weighted by Crippen LogP contribution is 2.65. The summed E-state index contributed by atoms with van der Waals surface area (Å²) in [6, 6.07) is 110. The average molecular weight is 1020 g/mol. The van der Waals surface area contributed by atoms with Crippen LogP contribution in [-0.4, -0.2) is 15.0 Å². The van der Waals surface area contributed by atoms with Gasteiger partial charge in [0.05, 0.1) is 11.1 Å². The van der Waals surface area contributed by atoms with E-state index in [1.807, 2.05) is 36.4 Å². The molecule has 0 unspecified atom stereocenters. The molecule has 0 fully saturated rings. The van der Waals surface area contributed by atoms with Crippen molar-refractivity contribution in [3.63, 3.8) is 0 Å². The molecule has 374 valence electrons. The molecule has 0 N–H and O–H groups in total. The molecule has 1 heterocycles. The van der Waals surface area contributed by atoms with E-state index in [1.165, 1.54) is 50.1 Å². The molecule has 13 aromatic rings. The predicted molar refractivity (Wildman–Crippen MR) is 329 cm³/mol. The summed E-state index contributed by atoms with van der Waals surface area (Å²) in [6.45, 7) is 0. The van der Waals surface area contributed by atoms with Crippen molar-refractivity contribution in [1.82, 2.24) is 15.0 Å². The van der Waals surface area contributed by atoms with Crippen LogP contribution in [0.4, 0.5) is 17.1 Å². The molecule has 15 rings (SSSR count). The smallest absolute Gasteiger partial charge is 0.164 e. The fourth-order valence-electron chi connectivity index (χ4n) is 12.5. The minimum absolute atomic E-state index is 0.596. The van der Waals surface area contributed by atoms with Gasteiger partial charge in [-0.2, -0.15) is 0 Å². The monoisotopic (exact) mass is 1020 g/mol. The van der Waals surface area contributed by atoms with E-state index in [0.29, 0.717) is 17.5 Å². The zero-order chi connectivity index (χ0) is 53.0. The fraction of sp³-hybridized carbons (Fsp3) is 0.0132. The van der Waals surface area contributed by atoms with Gasteiger partial charge in [-0.05, 0) is 138 Å².